The van der Waals surface area contributed by atoms with Gasteiger partial charge in [-0.25, -0.2) is 9.97 Å². The molecule has 0 amide bonds. The average molecular weight is 488 g/mol. The normalized spacial score (nSPS) is 13.8. The maximum Gasteiger partial charge on any atom is 0.307 e. The van der Waals surface area contributed by atoms with Crippen molar-refractivity contribution in [1.29, 1.82) is 0 Å². The molecule has 2 atom stereocenters. The highest BCUT2D eigenvalue weighted by atomic mass is 31.2. The van der Waals surface area contributed by atoms with E-state index in [2.05, 4.69) is 19.9 Å². The van der Waals surface area contributed by atoms with E-state index in [4.69, 9.17) is 11.5 Å². The number of aliphatic carboxylic acids is 2. The highest BCUT2D eigenvalue weighted by Crippen LogP contribution is 2.42. The number of rotatable bonds is 10. The molecular weight excluding hydrogens is 465 g/mol. The summed E-state index contributed by atoms with van der Waals surface area (Å²) in [5.74, 6) is -3.92. The summed E-state index contributed by atoms with van der Waals surface area (Å²) in [6, 6.07) is 6.10. The number of carboxylic acid groups (broad SMARTS) is 2. The van der Waals surface area contributed by atoms with Crippen LogP contribution < -0.4 is 26.8 Å². The van der Waals surface area contributed by atoms with Crippen molar-refractivity contribution in [3.63, 3.8) is 0 Å². The molecule has 0 spiro atoms. The molecule has 0 saturated heterocycles. The number of anilines is 3. The lowest BCUT2D eigenvalue weighted by Crippen LogP contribution is -2.27. The zero-order chi connectivity index (χ0) is 25.0. The van der Waals surface area contributed by atoms with Gasteiger partial charge in [0, 0.05) is 30.2 Å². The van der Waals surface area contributed by atoms with Crippen LogP contribution in [0.4, 0.5) is 17.5 Å². The van der Waals surface area contributed by atoms with Gasteiger partial charge in [-0.1, -0.05) is 0 Å². The Bertz CT molecular complexity index is 1270. The van der Waals surface area contributed by atoms with Crippen LogP contribution in [0.5, 0.6) is 0 Å². The average Bonchev–Trinajstić information content (AvgIpc) is 2.76. The minimum absolute atomic E-state index is 0.000926. The van der Waals surface area contributed by atoms with Crippen molar-refractivity contribution >= 4 is 53.2 Å². The van der Waals surface area contributed by atoms with Gasteiger partial charge in [0.25, 0.3) is 0 Å². The molecule has 180 valence electrons. The fraction of sp³-hybridized carbons (Fsp3) is 0.300. The van der Waals surface area contributed by atoms with E-state index < -0.39 is 37.8 Å². The van der Waals surface area contributed by atoms with Gasteiger partial charge in [0.2, 0.25) is 13.3 Å². The number of carbonyl (C=O) groups excluding carboxylic acids is 1. The summed E-state index contributed by atoms with van der Waals surface area (Å²) in [6.07, 6.45) is 0.146. The molecule has 0 aliphatic carbocycles. The van der Waals surface area contributed by atoms with Crippen LogP contribution in [0.25, 0.3) is 11.2 Å². The van der Waals surface area contributed by atoms with Crippen LogP contribution in [0.2, 0.25) is 0 Å². The largest absolute Gasteiger partial charge is 0.550 e. The molecule has 34 heavy (non-hydrogen) atoms. The highest BCUT2D eigenvalue weighted by Gasteiger charge is 2.30. The molecule has 0 aliphatic heterocycles. The molecule has 6 N–H and O–H groups in total. The van der Waals surface area contributed by atoms with E-state index in [1.165, 1.54) is 18.3 Å². The number of carbonyl (C=O) groups is 2. The van der Waals surface area contributed by atoms with Gasteiger partial charge in [-0.15, -0.1) is 0 Å². The van der Waals surface area contributed by atoms with Gasteiger partial charge in [-0.2, -0.15) is 9.97 Å². The van der Waals surface area contributed by atoms with E-state index >= 15 is 0 Å². The Morgan fingerprint density at radius 2 is 1.85 bits per heavy atom. The Balaban J connectivity index is 1.72. The molecule has 0 aliphatic rings. The first-order valence-electron chi connectivity index (χ1n) is 10.1. The van der Waals surface area contributed by atoms with Crippen molar-refractivity contribution in [3.8, 4) is 0 Å². The molecule has 0 saturated carbocycles. The monoisotopic (exact) mass is 488 g/mol. The number of aromatic nitrogens is 4. The van der Waals surface area contributed by atoms with Crippen LogP contribution in [0.1, 0.15) is 18.5 Å². The summed E-state index contributed by atoms with van der Waals surface area (Å²) in [5.41, 5.74) is 13.3. The van der Waals surface area contributed by atoms with Crippen molar-refractivity contribution in [3.05, 3.63) is 36.2 Å². The van der Waals surface area contributed by atoms with Crippen molar-refractivity contribution in [2.24, 2.45) is 5.92 Å². The molecule has 2 unspecified atom stereocenters. The van der Waals surface area contributed by atoms with Crippen LogP contribution in [0.15, 0.2) is 30.5 Å². The number of nitrogens with zero attached hydrogens (tertiary/aromatic N) is 5. The molecule has 13 nitrogen and oxygen atoms in total. The van der Waals surface area contributed by atoms with Gasteiger partial charge in [0.15, 0.2) is 17.0 Å². The lowest BCUT2D eigenvalue weighted by Gasteiger charge is -2.21. The second-order valence-electron chi connectivity index (χ2n) is 7.70. The second kappa shape index (κ2) is 9.98. The fourth-order valence-corrected chi connectivity index (χ4v) is 5.08. The summed E-state index contributed by atoms with van der Waals surface area (Å²) >= 11 is 0. The number of fused-ring (bicyclic) bond motifs is 1. The summed E-state index contributed by atoms with van der Waals surface area (Å²) in [4.78, 5) is 50.7. The van der Waals surface area contributed by atoms with E-state index in [0.717, 1.165) is 0 Å². The SMILES string of the molecule is CN(Cc1cnc2nc(N)nc(N)c2n1)c1ccc(P(=O)(O)CC(CCC(=O)[O-])C(=O)O)cc1. The second-order valence-corrected chi connectivity index (χ2v) is 9.99. The molecule has 1 aromatic carbocycles. The molecule has 2 heterocycles. The van der Waals surface area contributed by atoms with Gasteiger partial charge in [0.1, 0.15) is 0 Å². The molecule has 14 heteroatoms. The number of hydrogen-bond acceptors (Lipinski definition) is 11. The topological polar surface area (TPSA) is 222 Å². The molecule has 2 aromatic heterocycles. The quantitative estimate of drug-likeness (QED) is 0.261. The van der Waals surface area contributed by atoms with Crippen LogP contribution in [0, 0.1) is 5.92 Å². The number of nitrogens with two attached hydrogens (primary N) is 2. The van der Waals surface area contributed by atoms with Crippen molar-refractivity contribution < 1.29 is 29.3 Å². The maximum absolute atomic E-state index is 12.8. The van der Waals surface area contributed by atoms with Crippen molar-refractivity contribution in [2.45, 2.75) is 19.4 Å². The van der Waals surface area contributed by atoms with Gasteiger partial charge < -0.3 is 36.3 Å². The van der Waals surface area contributed by atoms with E-state index in [-0.39, 0.29) is 29.1 Å². The van der Waals surface area contributed by atoms with Crippen molar-refractivity contribution in [2.75, 3.05) is 29.6 Å². The molecule has 0 radical (unpaired) electrons. The Kier molecular flexibility index (Phi) is 7.28. The fourth-order valence-electron chi connectivity index (χ4n) is 3.32. The third-order valence-corrected chi connectivity index (χ3v) is 7.15. The van der Waals surface area contributed by atoms with Gasteiger partial charge in [0.05, 0.1) is 24.4 Å². The van der Waals surface area contributed by atoms with Gasteiger partial charge in [-0.05, 0) is 37.1 Å². The van der Waals surface area contributed by atoms with Crippen LogP contribution in [0.3, 0.4) is 0 Å². The maximum atomic E-state index is 12.8. The molecule has 3 aromatic rings. The first-order valence-corrected chi connectivity index (χ1v) is 11.9. The number of nitrogen functional groups attached to an aromatic ring is 2. The van der Waals surface area contributed by atoms with Gasteiger partial charge >= 0.3 is 5.97 Å². The Morgan fingerprint density at radius 3 is 2.47 bits per heavy atom. The minimum Gasteiger partial charge on any atom is -0.550 e. The first-order chi connectivity index (χ1) is 16.0. The summed E-state index contributed by atoms with van der Waals surface area (Å²) < 4.78 is 12.8. The number of carboxylic acids is 2. The lowest BCUT2D eigenvalue weighted by molar-refractivity contribution is -0.305. The lowest BCUT2D eigenvalue weighted by atomic mass is 10.1. The van der Waals surface area contributed by atoms with Gasteiger partial charge in [-0.3, -0.25) is 9.36 Å². The molecular formula is C20H23N7O6P-. The smallest absolute Gasteiger partial charge is 0.307 e. The number of benzene rings is 1. The summed E-state index contributed by atoms with van der Waals surface area (Å²) in [5, 5.41) is 20.0. The molecule has 3 rings (SSSR count). The van der Waals surface area contributed by atoms with E-state index in [1.54, 1.807) is 19.2 Å². The third kappa shape index (κ3) is 5.94. The molecule has 0 bridgehead atoms. The highest BCUT2D eigenvalue weighted by molar-refractivity contribution is 7.66. The van der Waals surface area contributed by atoms with E-state index in [0.29, 0.717) is 23.4 Å². The predicted octanol–water partition coefficient (Wildman–Crippen LogP) is -0.653. The van der Waals surface area contributed by atoms with Crippen molar-refractivity contribution in [1.82, 2.24) is 19.9 Å². The Morgan fingerprint density at radius 1 is 1.18 bits per heavy atom. The first kappa shape index (κ1) is 24.8. The third-order valence-electron chi connectivity index (χ3n) is 5.11. The standard InChI is InChI=1S/C20H24N7O6P/c1-27(9-12-8-23-18-16(24-12)17(21)25-20(22)26-18)13-3-5-14(6-4-13)34(32,33)10-11(19(30)31)2-7-15(28)29/h3-6,8,11H,2,7,9-10H2,1H3,(H,28,29)(H,30,31)(H,32,33)(H4,21,22,23,25,26)/p-1. The predicted molar refractivity (Wildman–Crippen MR) is 122 cm³/mol. The summed E-state index contributed by atoms with van der Waals surface area (Å²) in [7, 11) is -2.26. The van der Waals surface area contributed by atoms with Crippen LogP contribution in [-0.2, 0) is 20.7 Å². The molecule has 0 fully saturated rings. The van der Waals surface area contributed by atoms with E-state index in [1.807, 2.05) is 4.90 Å². The van der Waals surface area contributed by atoms with E-state index in [9.17, 15) is 29.3 Å². The van der Waals surface area contributed by atoms with Crippen LogP contribution in [-0.4, -0.2) is 55.1 Å². The summed E-state index contributed by atoms with van der Waals surface area (Å²) in [6.45, 7) is 0.327. The Labute approximate surface area is 193 Å². The zero-order valence-electron chi connectivity index (χ0n) is 18.2. The van der Waals surface area contributed by atoms with Crippen LogP contribution >= 0.6 is 7.37 Å². The Hall–Kier alpha value is -3.83. The number of hydrogen-bond donors (Lipinski definition) is 4. The zero-order valence-corrected chi connectivity index (χ0v) is 19.1. The minimum atomic E-state index is -4.04.